The number of benzene rings is 2. The van der Waals surface area contributed by atoms with Gasteiger partial charge in [0, 0.05) is 24.2 Å². The number of carbonyl (C=O) groups excluding carboxylic acids is 1. The molecule has 1 aliphatic heterocycles. The molecule has 0 bridgehead atoms. The van der Waals surface area contributed by atoms with Gasteiger partial charge in [-0.05, 0) is 68.2 Å². The van der Waals surface area contributed by atoms with Crippen molar-refractivity contribution in [2.45, 2.75) is 67.6 Å². The van der Waals surface area contributed by atoms with Crippen molar-refractivity contribution in [3.63, 3.8) is 0 Å². The summed E-state index contributed by atoms with van der Waals surface area (Å²) in [6.07, 6.45) is 1.44. The number of aliphatic hydroxyl groups is 1. The van der Waals surface area contributed by atoms with Crippen LogP contribution in [0.2, 0.25) is 0 Å². The van der Waals surface area contributed by atoms with Crippen molar-refractivity contribution in [1.29, 1.82) is 4.78 Å². The first-order valence-corrected chi connectivity index (χ1v) is 13.5. The zero-order chi connectivity index (χ0) is 25.9. The minimum absolute atomic E-state index is 0.00296. The van der Waals surface area contributed by atoms with Crippen LogP contribution >= 0.6 is 0 Å². The SMILES string of the molecule is N=S(=O)(N[C@H]1CCN(C(=O)C2(O)CCC2)[C@H]1Cc1cccc(-c2cc(F)cc(F)c2)c1F)C1(F)CC1. The molecule has 3 aliphatic rings. The molecule has 1 saturated heterocycles. The summed E-state index contributed by atoms with van der Waals surface area (Å²) in [6, 6.07) is 5.50. The molecule has 2 aliphatic carbocycles. The summed E-state index contributed by atoms with van der Waals surface area (Å²) in [7, 11) is -3.84. The molecular formula is C25H27F4N3O3S. The number of hydrogen-bond acceptors (Lipinski definition) is 4. The Bertz CT molecular complexity index is 1290. The molecule has 2 aromatic carbocycles. The molecule has 194 valence electrons. The van der Waals surface area contributed by atoms with Gasteiger partial charge in [0.15, 0.2) is 0 Å². The fourth-order valence-electron chi connectivity index (χ4n) is 5.09. The highest BCUT2D eigenvalue weighted by Gasteiger charge is 2.55. The van der Waals surface area contributed by atoms with Crippen LogP contribution in [0.4, 0.5) is 17.6 Å². The molecule has 1 amide bonds. The summed E-state index contributed by atoms with van der Waals surface area (Å²) in [5, 5.41) is 8.54. The third-order valence-electron chi connectivity index (χ3n) is 7.54. The summed E-state index contributed by atoms with van der Waals surface area (Å²) in [4.78, 5) is 14.6. The monoisotopic (exact) mass is 525 g/mol. The van der Waals surface area contributed by atoms with Crippen LogP contribution in [0.1, 0.15) is 44.1 Å². The summed E-state index contributed by atoms with van der Waals surface area (Å²) in [6.45, 7) is 0.161. The number of carbonyl (C=O) groups is 1. The van der Waals surface area contributed by atoms with Crippen molar-refractivity contribution >= 4 is 15.8 Å². The Labute approximate surface area is 206 Å². The standard InChI is InChI=1S/C25H27F4N3O3S/c26-17-11-16(12-18(27)14-17)19-4-1-3-15(22(19)28)13-21-20(31-36(30,35)25(29)8-9-25)5-10-32(21)23(33)24(34)6-2-7-24/h1,3-4,11-12,14,20-21,34H,2,5-10,13H2,(H2,30,31,35)/t20-,21-,36?/m0/s1. The summed E-state index contributed by atoms with van der Waals surface area (Å²) < 4.78 is 81.2. The average molecular weight is 526 g/mol. The first kappa shape index (κ1) is 25.2. The molecule has 2 saturated carbocycles. The molecule has 2 aromatic rings. The zero-order valence-corrected chi connectivity index (χ0v) is 20.2. The third-order valence-corrected chi connectivity index (χ3v) is 9.62. The van der Waals surface area contributed by atoms with Crippen molar-refractivity contribution in [1.82, 2.24) is 9.62 Å². The number of hydrogen-bond donors (Lipinski definition) is 3. The normalized spacial score (nSPS) is 25.8. The highest BCUT2D eigenvalue weighted by atomic mass is 32.2. The van der Waals surface area contributed by atoms with Crippen LogP contribution in [0.5, 0.6) is 0 Å². The van der Waals surface area contributed by atoms with Crippen LogP contribution in [-0.2, 0) is 21.1 Å². The Morgan fingerprint density at radius 2 is 1.81 bits per heavy atom. The van der Waals surface area contributed by atoms with Gasteiger partial charge < -0.3 is 10.0 Å². The second-order valence-electron chi connectivity index (χ2n) is 10.0. The van der Waals surface area contributed by atoms with E-state index in [0.717, 1.165) is 12.1 Å². The van der Waals surface area contributed by atoms with Crippen LogP contribution < -0.4 is 4.72 Å². The van der Waals surface area contributed by atoms with Crippen molar-refractivity contribution in [2.24, 2.45) is 0 Å². The summed E-state index contributed by atoms with van der Waals surface area (Å²) >= 11 is 0. The lowest BCUT2D eigenvalue weighted by Crippen LogP contribution is -2.57. The smallest absolute Gasteiger partial charge is 0.254 e. The molecule has 5 rings (SSSR count). The lowest BCUT2D eigenvalue weighted by atomic mass is 9.79. The maximum absolute atomic E-state index is 15.6. The van der Waals surface area contributed by atoms with E-state index in [1.165, 1.54) is 23.1 Å². The lowest BCUT2D eigenvalue weighted by Gasteiger charge is -2.40. The van der Waals surface area contributed by atoms with E-state index in [2.05, 4.69) is 4.72 Å². The quantitative estimate of drug-likeness (QED) is 0.473. The van der Waals surface area contributed by atoms with E-state index in [1.54, 1.807) is 0 Å². The molecule has 11 heteroatoms. The summed E-state index contributed by atoms with van der Waals surface area (Å²) in [5.74, 6) is -2.97. The van der Waals surface area contributed by atoms with Crippen molar-refractivity contribution in [3.05, 3.63) is 59.4 Å². The fourth-order valence-corrected chi connectivity index (χ4v) is 6.68. The maximum atomic E-state index is 15.6. The topological polar surface area (TPSA) is 93.5 Å². The van der Waals surface area contributed by atoms with Crippen LogP contribution in [0.3, 0.4) is 0 Å². The van der Waals surface area contributed by atoms with Gasteiger partial charge in [0.25, 0.3) is 5.91 Å². The van der Waals surface area contributed by atoms with Crippen LogP contribution in [0.25, 0.3) is 11.1 Å². The van der Waals surface area contributed by atoms with Gasteiger partial charge >= 0.3 is 0 Å². The molecule has 1 heterocycles. The highest BCUT2D eigenvalue weighted by molar-refractivity contribution is 7.92. The van der Waals surface area contributed by atoms with E-state index < -0.39 is 56.0 Å². The van der Waals surface area contributed by atoms with E-state index in [4.69, 9.17) is 4.78 Å². The molecule has 0 spiro atoms. The molecule has 3 fully saturated rings. The van der Waals surface area contributed by atoms with Crippen LogP contribution in [0, 0.1) is 22.2 Å². The van der Waals surface area contributed by atoms with E-state index in [9.17, 15) is 27.3 Å². The number of likely N-dealkylation sites (tertiary alicyclic amines) is 1. The second-order valence-corrected chi connectivity index (χ2v) is 12.1. The zero-order valence-electron chi connectivity index (χ0n) is 19.4. The Morgan fingerprint density at radius 3 is 2.39 bits per heavy atom. The van der Waals surface area contributed by atoms with Crippen LogP contribution in [0.15, 0.2) is 36.4 Å². The fraction of sp³-hybridized carbons (Fsp3) is 0.480. The number of halogens is 4. The van der Waals surface area contributed by atoms with Gasteiger partial charge in [0.2, 0.25) is 5.00 Å². The number of rotatable bonds is 7. The van der Waals surface area contributed by atoms with Gasteiger partial charge in [-0.25, -0.2) is 31.3 Å². The number of amides is 1. The number of nitrogens with zero attached hydrogens (tertiary/aromatic N) is 1. The largest absolute Gasteiger partial charge is 0.380 e. The Balaban J connectivity index is 1.48. The second kappa shape index (κ2) is 8.81. The molecule has 3 N–H and O–H groups in total. The highest BCUT2D eigenvalue weighted by Crippen LogP contribution is 2.45. The first-order valence-electron chi connectivity index (χ1n) is 11.9. The van der Waals surface area contributed by atoms with Gasteiger partial charge in [-0.15, -0.1) is 0 Å². The van der Waals surface area contributed by atoms with E-state index >= 15 is 4.39 Å². The van der Waals surface area contributed by atoms with Gasteiger partial charge in [-0.1, -0.05) is 18.2 Å². The molecule has 6 nitrogen and oxygen atoms in total. The Hall–Kier alpha value is -2.50. The number of nitrogens with one attached hydrogen (secondary N) is 2. The lowest BCUT2D eigenvalue weighted by molar-refractivity contribution is -0.161. The van der Waals surface area contributed by atoms with Gasteiger partial charge in [0.1, 0.15) is 33.0 Å². The van der Waals surface area contributed by atoms with Gasteiger partial charge in [-0.3, -0.25) is 4.79 Å². The maximum Gasteiger partial charge on any atom is 0.254 e. The minimum Gasteiger partial charge on any atom is -0.380 e. The predicted octanol–water partition coefficient (Wildman–Crippen LogP) is 4.21. The summed E-state index contributed by atoms with van der Waals surface area (Å²) in [5.41, 5.74) is -1.42. The van der Waals surface area contributed by atoms with E-state index in [1.807, 2.05) is 0 Å². The molecule has 1 unspecified atom stereocenters. The Morgan fingerprint density at radius 1 is 1.14 bits per heavy atom. The first-order chi connectivity index (χ1) is 16.9. The molecule has 0 aromatic heterocycles. The minimum atomic E-state index is -3.84. The molecule has 0 radical (unpaired) electrons. The van der Waals surface area contributed by atoms with E-state index in [0.29, 0.717) is 25.3 Å². The van der Waals surface area contributed by atoms with Gasteiger partial charge in [-0.2, -0.15) is 0 Å². The van der Waals surface area contributed by atoms with E-state index in [-0.39, 0.29) is 48.9 Å². The van der Waals surface area contributed by atoms with Crippen molar-refractivity contribution in [2.75, 3.05) is 6.54 Å². The van der Waals surface area contributed by atoms with Crippen LogP contribution in [-0.4, -0.2) is 49.4 Å². The van der Waals surface area contributed by atoms with Crippen molar-refractivity contribution in [3.8, 4) is 11.1 Å². The molecule has 36 heavy (non-hydrogen) atoms. The third kappa shape index (κ3) is 4.41. The van der Waals surface area contributed by atoms with Gasteiger partial charge in [0.05, 0.1) is 6.04 Å². The number of alkyl halides is 1. The Kier molecular flexibility index (Phi) is 6.16. The predicted molar refractivity (Wildman–Crippen MR) is 125 cm³/mol. The molecule has 3 atom stereocenters. The average Bonchev–Trinajstić information content (AvgIpc) is 3.45. The molecular weight excluding hydrogens is 498 g/mol. The van der Waals surface area contributed by atoms with Crippen molar-refractivity contribution < 1.29 is 31.7 Å².